The molecule has 2 aromatic rings. The van der Waals surface area contributed by atoms with Crippen molar-refractivity contribution in [1.29, 1.82) is 0 Å². The van der Waals surface area contributed by atoms with Crippen molar-refractivity contribution in [2.45, 2.75) is 10.8 Å². The van der Waals surface area contributed by atoms with Crippen molar-refractivity contribution in [3.8, 4) is 0 Å². The van der Waals surface area contributed by atoms with Crippen LogP contribution in [-0.2, 0) is 20.3 Å². The Morgan fingerprint density at radius 3 is 3.00 bits per heavy atom. The first-order valence-electron chi connectivity index (χ1n) is 6.32. The highest BCUT2D eigenvalue weighted by Gasteiger charge is 2.10. The lowest BCUT2D eigenvalue weighted by molar-refractivity contribution is 0.112. The molecule has 1 heterocycles. The molecular formula is C13H18N2O3S2. The van der Waals surface area contributed by atoms with Crippen molar-refractivity contribution in [1.82, 2.24) is 4.98 Å². The number of nitrogens with two attached hydrogens (primary N) is 1. The van der Waals surface area contributed by atoms with E-state index in [1.165, 1.54) is 11.3 Å². The van der Waals surface area contributed by atoms with Crippen LogP contribution in [0.1, 0.15) is 6.42 Å². The fraction of sp³-hybridized carbons (Fsp3) is 0.462. The van der Waals surface area contributed by atoms with Crippen LogP contribution in [0.15, 0.2) is 22.5 Å². The standard InChI is InChI=1S/C13H18N2O3S2/c1-17-5-2-6-18-7-8-20(16)13-15-11-4-3-10(14)9-12(11)19-13/h3-4,9H,2,5-8,14H2,1H3. The Bertz CT molecular complexity index is 586. The summed E-state index contributed by atoms with van der Waals surface area (Å²) in [5, 5.41) is 0. The van der Waals surface area contributed by atoms with Crippen molar-refractivity contribution in [2.24, 2.45) is 0 Å². The molecule has 2 N–H and O–H groups in total. The molecule has 0 fully saturated rings. The van der Waals surface area contributed by atoms with E-state index >= 15 is 0 Å². The van der Waals surface area contributed by atoms with E-state index in [1.807, 2.05) is 12.1 Å². The van der Waals surface area contributed by atoms with Crippen molar-refractivity contribution in [3.63, 3.8) is 0 Å². The van der Waals surface area contributed by atoms with Gasteiger partial charge in [-0.25, -0.2) is 4.98 Å². The van der Waals surface area contributed by atoms with E-state index in [9.17, 15) is 4.21 Å². The van der Waals surface area contributed by atoms with Gasteiger partial charge in [-0.1, -0.05) is 0 Å². The molecule has 0 saturated heterocycles. The molecule has 20 heavy (non-hydrogen) atoms. The summed E-state index contributed by atoms with van der Waals surface area (Å²) >= 11 is 1.42. The molecule has 0 bridgehead atoms. The zero-order valence-corrected chi connectivity index (χ0v) is 13.0. The lowest BCUT2D eigenvalue weighted by Gasteiger charge is -2.02. The van der Waals surface area contributed by atoms with Crippen LogP contribution in [0.4, 0.5) is 5.69 Å². The first kappa shape index (κ1) is 15.4. The van der Waals surface area contributed by atoms with E-state index < -0.39 is 10.8 Å². The van der Waals surface area contributed by atoms with Crippen LogP contribution in [0.2, 0.25) is 0 Å². The highest BCUT2D eigenvalue weighted by Crippen LogP contribution is 2.26. The number of fused-ring (bicyclic) bond motifs is 1. The number of methoxy groups -OCH3 is 1. The number of benzene rings is 1. The van der Waals surface area contributed by atoms with Gasteiger partial charge in [0.25, 0.3) is 0 Å². The second kappa shape index (κ2) is 7.68. The molecule has 0 spiro atoms. The number of aromatic nitrogens is 1. The van der Waals surface area contributed by atoms with Gasteiger partial charge in [-0.05, 0) is 24.6 Å². The van der Waals surface area contributed by atoms with Gasteiger partial charge >= 0.3 is 0 Å². The van der Waals surface area contributed by atoms with Crippen LogP contribution < -0.4 is 5.73 Å². The predicted octanol–water partition coefficient (Wildman–Crippen LogP) is 2.04. The van der Waals surface area contributed by atoms with Crippen molar-refractivity contribution >= 4 is 38.0 Å². The molecule has 0 aliphatic carbocycles. The molecule has 0 radical (unpaired) electrons. The maximum Gasteiger partial charge on any atom is 0.181 e. The van der Waals surface area contributed by atoms with Gasteiger partial charge in [-0.3, -0.25) is 4.21 Å². The number of hydrogen-bond acceptors (Lipinski definition) is 6. The summed E-state index contributed by atoms with van der Waals surface area (Å²) in [6.07, 6.45) is 0.851. The van der Waals surface area contributed by atoms with E-state index in [2.05, 4.69) is 4.98 Å². The van der Waals surface area contributed by atoms with E-state index in [-0.39, 0.29) is 0 Å². The normalized spacial score (nSPS) is 12.8. The van der Waals surface area contributed by atoms with Crippen molar-refractivity contribution in [2.75, 3.05) is 38.4 Å². The maximum absolute atomic E-state index is 12.1. The SMILES string of the molecule is COCCCOCCS(=O)c1nc2ccc(N)cc2s1. The molecule has 0 saturated carbocycles. The highest BCUT2D eigenvalue weighted by atomic mass is 32.2. The minimum atomic E-state index is -1.12. The van der Waals surface area contributed by atoms with Gasteiger partial charge in [-0.2, -0.15) is 0 Å². The minimum absolute atomic E-state index is 0.461. The fourth-order valence-corrected chi connectivity index (χ4v) is 3.93. The van der Waals surface area contributed by atoms with Gasteiger partial charge < -0.3 is 15.2 Å². The average molecular weight is 314 g/mol. The van der Waals surface area contributed by atoms with E-state index in [0.717, 1.165) is 16.6 Å². The summed E-state index contributed by atoms with van der Waals surface area (Å²) in [5.74, 6) is 0.461. The van der Waals surface area contributed by atoms with Crippen LogP contribution in [0.25, 0.3) is 10.2 Å². The smallest absolute Gasteiger partial charge is 0.181 e. The first-order chi connectivity index (χ1) is 9.70. The molecule has 5 nitrogen and oxygen atoms in total. The predicted molar refractivity (Wildman–Crippen MR) is 82.6 cm³/mol. The van der Waals surface area contributed by atoms with E-state index in [1.54, 1.807) is 13.2 Å². The Hall–Kier alpha value is -1.02. The summed E-state index contributed by atoms with van der Waals surface area (Å²) in [6.45, 7) is 1.78. The molecule has 0 aliphatic rings. The topological polar surface area (TPSA) is 74.4 Å². The maximum atomic E-state index is 12.1. The number of ether oxygens (including phenoxy) is 2. The van der Waals surface area contributed by atoms with Gasteiger partial charge in [0, 0.05) is 26.0 Å². The molecule has 2 rings (SSSR count). The van der Waals surface area contributed by atoms with Crippen LogP contribution in [-0.4, -0.2) is 41.9 Å². The zero-order chi connectivity index (χ0) is 14.4. The summed E-state index contributed by atoms with van der Waals surface area (Å²) in [7, 11) is 0.542. The van der Waals surface area contributed by atoms with Crippen LogP contribution in [0.5, 0.6) is 0 Å². The summed E-state index contributed by atoms with van der Waals surface area (Å²) in [5.41, 5.74) is 7.26. The summed E-state index contributed by atoms with van der Waals surface area (Å²) in [6, 6.07) is 5.51. The first-order valence-corrected chi connectivity index (χ1v) is 8.45. The molecule has 1 aromatic heterocycles. The van der Waals surface area contributed by atoms with Gasteiger partial charge in [0.2, 0.25) is 0 Å². The fourth-order valence-electron chi connectivity index (χ4n) is 1.65. The molecule has 1 unspecified atom stereocenters. The van der Waals surface area contributed by atoms with E-state index in [0.29, 0.717) is 35.6 Å². The molecule has 0 aliphatic heterocycles. The zero-order valence-electron chi connectivity index (χ0n) is 11.3. The van der Waals surface area contributed by atoms with Gasteiger partial charge in [-0.15, -0.1) is 11.3 Å². The van der Waals surface area contributed by atoms with Gasteiger partial charge in [0.05, 0.1) is 33.4 Å². The summed E-state index contributed by atoms with van der Waals surface area (Å²) < 4.78 is 24.0. The highest BCUT2D eigenvalue weighted by molar-refractivity contribution is 7.87. The van der Waals surface area contributed by atoms with Gasteiger partial charge in [0.15, 0.2) is 4.34 Å². The van der Waals surface area contributed by atoms with Crippen LogP contribution in [0, 0.1) is 0 Å². The third kappa shape index (κ3) is 4.24. The minimum Gasteiger partial charge on any atom is -0.399 e. The van der Waals surface area contributed by atoms with Crippen molar-refractivity contribution in [3.05, 3.63) is 18.2 Å². The Morgan fingerprint density at radius 1 is 1.35 bits per heavy atom. The quantitative estimate of drug-likeness (QED) is 0.596. The Balaban J connectivity index is 1.85. The monoisotopic (exact) mass is 314 g/mol. The average Bonchev–Trinajstić information content (AvgIpc) is 2.85. The van der Waals surface area contributed by atoms with Crippen LogP contribution >= 0.6 is 11.3 Å². The number of hydrogen-bond donors (Lipinski definition) is 1. The molecule has 110 valence electrons. The van der Waals surface area contributed by atoms with E-state index in [4.69, 9.17) is 15.2 Å². The molecule has 7 heteroatoms. The number of rotatable bonds is 8. The Labute approximate surface area is 124 Å². The number of nitrogens with zero attached hydrogens (tertiary/aromatic N) is 1. The second-order valence-corrected chi connectivity index (χ2v) is 6.99. The lowest BCUT2D eigenvalue weighted by Crippen LogP contribution is -2.08. The van der Waals surface area contributed by atoms with Crippen LogP contribution in [0.3, 0.4) is 0 Å². The molecule has 0 amide bonds. The third-order valence-corrected chi connectivity index (χ3v) is 5.28. The number of nitrogen functional groups attached to an aromatic ring is 1. The number of thiazole rings is 1. The largest absolute Gasteiger partial charge is 0.399 e. The number of anilines is 1. The Morgan fingerprint density at radius 2 is 2.20 bits per heavy atom. The molecular weight excluding hydrogens is 296 g/mol. The van der Waals surface area contributed by atoms with Gasteiger partial charge in [0.1, 0.15) is 0 Å². The van der Waals surface area contributed by atoms with Crippen molar-refractivity contribution < 1.29 is 13.7 Å². The third-order valence-electron chi connectivity index (χ3n) is 2.64. The molecule has 1 atom stereocenters. The Kier molecular flexibility index (Phi) is 5.90. The molecule has 1 aromatic carbocycles. The summed E-state index contributed by atoms with van der Waals surface area (Å²) in [4.78, 5) is 4.37. The second-order valence-electron chi connectivity index (χ2n) is 4.22. The lowest BCUT2D eigenvalue weighted by atomic mass is 10.3.